The van der Waals surface area contributed by atoms with E-state index in [-0.39, 0.29) is 11.8 Å². The predicted molar refractivity (Wildman–Crippen MR) is 70.5 cm³/mol. The number of hydrogen-bond acceptors (Lipinski definition) is 3. The van der Waals surface area contributed by atoms with Gasteiger partial charge in [0.05, 0.1) is 0 Å². The molecule has 94 valence electrons. The number of thioether (sulfide) groups is 1. The van der Waals surface area contributed by atoms with Gasteiger partial charge in [-0.2, -0.15) is 11.8 Å². The molecule has 0 bridgehead atoms. The van der Waals surface area contributed by atoms with Crippen LogP contribution in [0.3, 0.4) is 0 Å². The number of nitrogens with two attached hydrogens (primary N) is 1. The number of carbonyl (C=O) groups is 1. The van der Waals surface area contributed by atoms with Crippen LogP contribution in [0.25, 0.3) is 0 Å². The van der Waals surface area contributed by atoms with Crippen molar-refractivity contribution < 1.29 is 4.79 Å². The highest BCUT2D eigenvalue weighted by Gasteiger charge is 2.25. The molecule has 0 aromatic heterocycles. The summed E-state index contributed by atoms with van der Waals surface area (Å²) in [4.78, 5) is 12.0. The van der Waals surface area contributed by atoms with Gasteiger partial charge in [-0.05, 0) is 38.4 Å². The van der Waals surface area contributed by atoms with Gasteiger partial charge in [-0.3, -0.25) is 4.79 Å². The van der Waals surface area contributed by atoms with Crippen LogP contribution in [0.5, 0.6) is 0 Å². The number of hydrogen-bond donors (Lipinski definition) is 2. The molecule has 0 radical (unpaired) electrons. The van der Waals surface area contributed by atoms with E-state index in [1.807, 2.05) is 0 Å². The van der Waals surface area contributed by atoms with Crippen molar-refractivity contribution in [3.05, 3.63) is 0 Å². The molecule has 0 aromatic carbocycles. The van der Waals surface area contributed by atoms with E-state index in [9.17, 15) is 4.79 Å². The third kappa shape index (κ3) is 4.34. The van der Waals surface area contributed by atoms with Gasteiger partial charge in [0.2, 0.25) is 5.91 Å². The third-order valence-electron chi connectivity index (χ3n) is 3.35. The molecule has 1 unspecified atom stereocenters. The Balaban J connectivity index is 2.33. The molecule has 0 aliphatic heterocycles. The molecule has 1 atom stereocenters. The minimum Gasteiger partial charge on any atom is -0.352 e. The molecular weight excluding hydrogens is 220 g/mol. The molecule has 3 nitrogen and oxygen atoms in total. The highest BCUT2D eigenvalue weighted by molar-refractivity contribution is 7.98. The van der Waals surface area contributed by atoms with Crippen LogP contribution in [0.15, 0.2) is 0 Å². The summed E-state index contributed by atoms with van der Waals surface area (Å²) in [6.45, 7) is 2.12. The standard InChI is InChI=1S/C12H24N2OS/c1-3-11(8-16-2)14-12(15)9-4-6-10(13)7-5-9/h9-11H,3-8,13H2,1-2H3,(H,14,15). The third-order valence-corrected chi connectivity index (χ3v) is 4.09. The highest BCUT2D eigenvalue weighted by atomic mass is 32.2. The number of carbonyl (C=O) groups excluding carboxylic acids is 1. The van der Waals surface area contributed by atoms with Crippen LogP contribution in [0.1, 0.15) is 39.0 Å². The van der Waals surface area contributed by atoms with Crippen LogP contribution in [0.2, 0.25) is 0 Å². The van der Waals surface area contributed by atoms with Crippen LogP contribution < -0.4 is 11.1 Å². The van der Waals surface area contributed by atoms with Crippen LogP contribution >= 0.6 is 11.8 Å². The van der Waals surface area contributed by atoms with Crippen LogP contribution in [0, 0.1) is 5.92 Å². The van der Waals surface area contributed by atoms with E-state index in [1.54, 1.807) is 11.8 Å². The van der Waals surface area contributed by atoms with Crippen molar-refractivity contribution in [1.29, 1.82) is 0 Å². The van der Waals surface area contributed by atoms with Gasteiger partial charge in [0.15, 0.2) is 0 Å². The zero-order chi connectivity index (χ0) is 12.0. The maximum absolute atomic E-state index is 12.0. The lowest BCUT2D eigenvalue weighted by molar-refractivity contribution is -0.126. The Morgan fingerprint density at radius 2 is 2.06 bits per heavy atom. The van der Waals surface area contributed by atoms with Crippen LogP contribution in [0.4, 0.5) is 0 Å². The van der Waals surface area contributed by atoms with Crippen LogP contribution in [-0.4, -0.2) is 30.0 Å². The van der Waals surface area contributed by atoms with E-state index in [1.165, 1.54) is 0 Å². The average Bonchev–Trinajstić information content (AvgIpc) is 2.29. The fourth-order valence-electron chi connectivity index (χ4n) is 2.16. The molecule has 1 rings (SSSR count). The summed E-state index contributed by atoms with van der Waals surface area (Å²) >= 11 is 1.79. The Hall–Kier alpha value is -0.220. The van der Waals surface area contributed by atoms with Gasteiger partial charge >= 0.3 is 0 Å². The molecule has 1 amide bonds. The van der Waals surface area contributed by atoms with Gasteiger partial charge < -0.3 is 11.1 Å². The quantitative estimate of drug-likeness (QED) is 0.775. The lowest BCUT2D eigenvalue weighted by Crippen LogP contribution is -2.42. The van der Waals surface area contributed by atoms with Gasteiger partial charge in [-0.1, -0.05) is 6.92 Å². The molecule has 1 fully saturated rings. The van der Waals surface area contributed by atoms with Gasteiger partial charge in [-0.15, -0.1) is 0 Å². The largest absolute Gasteiger partial charge is 0.352 e. The Kier molecular flexibility index (Phi) is 6.21. The SMILES string of the molecule is CCC(CSC)NC(=O)C1CCC(N)CC1. The van der Waals surface area contributed by atoms with E-state index < -0.39 is 0 Å². The number of amides is 1. The first-order valence-electron chi connectivity index (χ1n) is 6.22. The molecule has 16 heavy (non-hydrogen) atoms. The fraction of sp³-hybridized carbons (Fsp3) is 0.917. The van der Waals surface area contributed by atoms with Crippen molar-refractivity contribution in [3.63, 3.8) is 0 Å². The lowest BCUT2D eigenvalue weighted by atomic mass is 9.86. The molecule has 1 aliphatic carbocycles. The minimum atomic E-state index is 0.204. The van der Waals surface area contributed by atoms with E-state index in [4.69, 9.17) is 5.73 Å². The first-order valence-corrected chi connectivity index (χ1v) is 7.61. The molecule has 1 saturated carbocycles. The van der Waals surface area contributed by atoms with Crippen molar-refractivity contribution in [2.75, 3.05) is 12.0 Å². The number of rotatable bonds is 5. The zero-order valence-electron chi connectivity index (χ0n) is 10.4. The van der Waals surface area contributed by atoms with Gasteiger partial charge in [0.25, 0.3) is 0 Å². The maximum atomic E-state index is 12.0. The summed E-state index contributed by atoms with van der Waals surface area (Å²) in [7, 11) is 0. The molecule has 0 heterocycles. The van der Waals surface area contributed by atoms with Crippen molar-refractivity contribution in [3.8, 4) is 0 Å². The van der Waals surface area contributed by atoms with E-state index in [0.717, 1.165) is 37.9 Å². The van der Waals surface area contributed by atoms with Crippen LogP contribution in [-0.2, 0) is 4.79 Å². The summed E-state index contributed by atoms with van der Waals surface area (Å²) in [5, 5.41) is 3.15. The lowest BCUT2D eigenvalue weighted by Gasteiger charge is -2.27. The molecule has 1 aliphatic rings. The molecule has 3 N–H and O–H groups in total. The summed E-state index contributed by atoms with van der Waals surface area (Å²) in [5.41, 5.74) is 5.84. The zero-order valence-corrected chi connectivity index (χ0v) is 11.2. The second-order valence-electron chi connectivity index (χ2n) is 4.68. The molecule has 0 aromatic rings. The second-order valence-corrected chi connectivity index (χ2v) is 5.59. The number of nitrogens with one attached hydrogen (secondary N) is 1. The van der Waals surface area contributed by atoms with Crippen molar-refractivity contribution >= 4 is 17.7 Å². The first-order chi connectivity index (χ1) is 7.67. The molecule has 4 heteroatoms. The monoisotopic (exact) mass is 244 g/mol. The normalized spacial score (nSPS) is 27.4. The smallest absolute Gasteiger partial charge is 0.223 e. The molecular formula is C12H24N2OS. The summed E-state index contributed by atoms with van der Waals surface area (Å²) < 4.78 is 0. The second kappa shape index (κ2) is 7.17. The van der Waals surface area contributed by atoms with E-state index >= 15 is 0 Å². The summed E-state index contributed by atoms with van der Waals surface area (Å²) in [5.74, 6) is 1.46. The fourth-order valence-corrected chi connectivity index (χ4v) is 2.88. The Bertz CT molecular complexity index is 215. The Morgan fingerprint density at radius 1 is 1.44 bits per heavy atom. The van der Waals surface area contributed by atoms with Crippen molar-refractivity contribution in [2.45, 2.75) is 51.1 Å². The molecule has 0 spiro atoms. The van der Waals surface area contributed by atoms with Gasteiger partial charge in [-0.25, -0.2) is 0 Å². The topological polar surface area (TPSA) is 55.1 Å². The predicted octanol–water partition coefficient (Wildman–Crippen LogP) is 1.76. The first kappa shape index (κ1) is 13.8. The maximum Gasteiger partial charge on any atom is 0.223 e. The van der Waals surface area contributed by atoms with Crippen molar-refractivity contribution in [1.82, 2.24) is 5.32 Å². The van der Waals surface area contributed by atoms with Crippen molar-refractivity contribution in [2.24, 2.45) is 11.7 Å². The van der Waals surface area contributed by atoms with Gasteiger partial charge in [0, 0.05) is 23.8 Å². The summed E-state index contributed by atoms with van der Waals surface area (Å²) in [6.07, 6.45) is 7.01. The van der Waals surface area contributed by atoms with E-state index in [0.29, 0.717) is 12.1 Å². The van der Waals surface area contributed by atoms with Gasteiger partial charge in [0.1, 0.15) is 0 Å². The summed E-state index contributed by atoms with van der Waals surface area (Å²) in [6, 6.07) is 0.648. The Morgan fingerprint density at radius 3 is 2.56 bits per heavy atom. The molecule has 0 saturated heterocycles. The Labute approximate surface area is 103 Å². The average molecular weight is 244 g/mol. The van der Waals surface area contributed by atoms with E-state index in [2.05, 4.69) is 18.5 Å². The highest BCUT2D eigenvalue weighted by Crippen LogP contribution is 2.23. The minimum absolute atomic E-state index is 0.204.